The van der Waals surface area contributed by atoms with Gasteiger partial charge in [0.1, 0.15) is 17.5 Å². The fourth-order valence-corrected chi connectivity index (χ4v) is 2.65. The fraction of sp³-hybridized carbons (Fsp3) is 0.133. The number of nitrogens with zero attached hydrogens (tertiary/aromatic N) is 2. The number of hydrogen-bond donors (Lipinski definition) is 0. The first-order valence-electron chi connectivity index (χ1n) is 6.23. The zero-order chi connectivity index (χ0) is 15.0. The Hall–Kier alpha value is -1.65. The van der Waals surface area contributed by atoms with E-state index in [9.17, 15) is 8.78 Å². The molecule has 0 aliphatic carbocycles. The van der Waals surface area contributed by atoms with Crippen molar-refractivity contribution in [2.75, 3.05) is 0 Å². The summed E-state index contributed by atoms with van der Waals surface area (Å²) in [5.74, 6) is 0.00439. The van der Waals surface area contributed by atoms with Crippen molar-refractivity contribution < 1.29 is 8.78 Å². The first-order valence-corrected chi connectivity index (χ1v) is 7.14. The number of imidazole rings is 1. The average molecular weight is 327 g/mol. The smallest absolute Gasteiger partial charge is 0.141 e. The first-order chi connectivity index (χ1) is 10.1. The van der Waals surface area contributed by atoms with Crippen molar-refractivity contribution in [3.05, 3.63) is 64.4 Å². The summed E-state index contributed by atoms with van der Waals surface area (Å²) in [7, 11) is 0. The molecule has 0 fully saturated rings. The summed E-state index contributed by atoms with van der Waals surface area (Å²) < 4.78 is 28.4. The fourth-order valence-electron chi connectivity index (χ4n) is 2.24. The third-order valence-electron chi connectivity index (χ3n) is 3.23. The molecule has 108 valence electrons. The maximum absolute atomic E-state index is 13.4. The molecule has 21 heavy (non-hydrogen) atoms. The van der Waals surface area contributed by atoms with Gasteiger partial charge in [-0.25, -0.2) is 13.8 Å². The highest BCUT2D eigenvalue weighted by Gasteiger charge is 2.12. The largest absolute Gasteiger partial charge is 0.322 e. The van der Waals surface area contributed by atoms with Crippen LogP contribution < -0.4 is 0 Å². The van der Waals surface area contributed by atoms with Gasteiger partial charge >= 0.3 is 0 Å². The Morgan fingerprint density at radius 2 is 1.90 bits per heavy atom. The molecule has 1 aromatic heterocycles. The molecule has 3 aromatic rings. The molecule has 0 atom stereocenters. The van der Waals surface area contributed by atoms with Gasteiger partial charge in [-0.3, -0.25) is 0 Å². The van der Waals surface area contributed by atoms with E-state index in [0.717, 1.165) is 5.56 Å². The lowest BCUT2D eigenvalue weighted by Gasteiger charge is -2.08. The minimum atomic E-state index is -0.473. The van der Waals surface area contributed by atoms with Crippen LogP contribution in [0.3, 0.4) is 0 Å². The molecule has 6 heteroatoms. The second kappa shape index (κ2) is 5.62. The van der Waals surface area contributed by atoms with Crippen LogP contribution in [0.4, 0.5) is 8.78 Å². The van der Waals surface area contributed by atoms with E-state index >= 15 is 0 Å². The molecule has 0 bridgehead atoms. The quantitative estimate of drug-likeness (QED) is 0.635. The number of hydrogen-bond acceptors (Lipinski definition) is 1. The van der Waals surface area contributed by atoms with Gasteiger partial charge in [-0.15, -0.1) is 11.6 Å². The third-order valence-corrected chi connectivity index (χ3v) is 3.76. The van der Waals surface area contributed by atoms with Crippen molar-refractivity contribution in [3.63, 3.8) is 0 Å². The SMILES string of the molecule is Fc1ccc2nc(CCl)n(Cc3ccc(F)c(Cl)c3)c2c1. The number of alkyl halides is 1. The van der Waals surface area contributed by atoms with Gasteiger partial charge in [-0.1, -0.05) is 17.7 Å². The van der Waals surface area contributed by atoms with Gasteiger partial charge in [0.05, 0.1) is 21.9 Å². The van der Waals surface area contributed by atoms with Crippen LogP contribution in [0.25, 0.3) is 11.0 Å². The van der Waals surface area contributed by atoms with Crippen molar-refractivity contribution >= 4 is 34.2 Å². The molecule has 0 saturated heterocycles. The van der Waals surface area contributed by atoms with E-state index in [1.807, 2.05) is 0 Å². The highest BCUT2D eigenvalue weighted by atomic mass is 35.5. The Kier molecular flexibility index (Phi) is 3.83. The number of benzene rings is 2. The van der Waals surface area contributed by atoms with Gasteiger partial charge in [0.2, 0.25) is 0 Å². The van der Waals surface area contributed by atoms with Crippen LogP contribution >= 0.6 is 23.2 Å². The van der Waals surface area contributed by atoms with Crippen molar-refractivity contribution in [2.45, 2.75) is 12.4 Å². The van der Waals surface area contributed by atoms with Crippen LogP contribution in [0.5, 0.6) is 0 Å². The molecule has 0 saturated carbocycles. The molecular weight excluding hydrogens is 317 g/mol. The number of rotatable bonds is 3. The molecule has 1 heterocycles. The highest BCUT2D eigenvalue weighted by Crippen LogP contribution is 2.22. The van der Waals surface area contributed by atoms with Crippen LogP contribution in [-0.4, -0.2) is 9.55 Å². The Morgan fingerprint density at radius 3 is 2.62 bits per heavy atom. The first kappa shape index (κ1) is 14.3. The van der Waals surface area contributed by atoms with E-state index in [2.05, 4.69) is 4.98 Å². The van der Waals surface area contributed by atoms with Crippen molar-refractivity contribution in [1.82, 2.24) is 9.55 Å². The van der Waals surface area contributed by atoms with Crippen LogP contribution in [0, 0.1) is 11.6 Å². The van der Waals surface area contributed by atoms with Crippen LogP contribution in [0.15, 0.2) is 36.4 Å². The van der Waals surface area contributed by atoms with Crippen molar-refractivity contribution in [2.24, 2.45) is 0 Å². The molecule has 2 nitrogen and oxygen atoms in total. The highest BCUT2D eigenvalue weighted by molar-refractivity contribution is 6.30. The summed E-state index contributed by atoms with van der Waals surface area (Å²) in [4.78, 5) is 4.37. The van der Waals surface area contributed by atoms with E-state index in [1.54, 1.807) is 22.8 Å². The van der Waals surface area contributed by atoms with Gasteiger partial charge in [0, 0.05) is 6.54 Å². The summed E-state index contributed by atoms with van der Waals surface area (Å²) in [6.45, 7) is 0.391. The Labute approximate surface area is 129 Å². The molecule has 0 unspecified atom stereocenters. The van der Waals surface area contributed by atoms with Crippen LogP contribution in [-0.2, 0) is 12.4 Å². The predicted molar refractivity (Wildman–Crippen MR) is 79.8 cm³/mol. The Bertz CT molecular complexity index is 815. The summed E-state index contributed by atoms with van der Waals surface area (Å²) in [6, 6.07) is 8.84. The third kappa shape index (κ3) is 2.74. The second-order valence-corrected chi connectivity index (χ2v) is 5.30. The Morgan fingerprint density at radius 1 is 1.10 bits per heavy atom. The van der Waals surface area contributed by atoms with E-state index in [-0.39, 0.29) is 16.7 Å². The zero-order valence-electron chi connectivity index (χ0n) is 10.8. The molecule has 0 radical (unpaired) electrons. The summed E-state index contributed by atoms with van der Waals surface area (Å²) >= 11 is 11.7. The van der Waals surface area contributed by atoms with Gasteiger partial charge in [-0.05, 0) is 35.9 Å². The molecule has 0 amide bonds. The van der Waals surface area contributed by atoms with E-state index in [1.165, 1.54) is 18.2 Å². The molecular formula is C15H10Cl2F2N2. The topological polar surface area (TPSA) is 17.8 Å². The van der Waals surface area contributed by atoms with Gasteiger partial charge < -0.3 is 4.57 Å². The molecule has 0 spiro atoms. The standard InChI is InChI=1S/C15H10Cl2F2N2/c16-7-15-20-13-4-2-10(18)6-14(13)21(15)8-9-1-3-12(19)11(17)5-9/h1-6H,7-8H2. The van der Waals surface area contributed by atoms with Crippen LogP contribution in [0.2, 0.25) is 5.02 Å². The van der Waals surface area contributed by atoms with Crippen LogP contribution in [0.1, 0.15) is 11.4 Å². The number of fused-ring (bicyclic) bond motifs is 1. The Balaban J connectivity index is 2.09. The van der Waals surface area contributed by atoms with Gasteiger partial charge in [0.15, 0.2) is 0 Å². The van der Waals surface area contributed by atoms with E-state index in [0.29, 0.717) is 23.4 Å². The summed E-state index contributed by atoms with van der Waals surface area (Å²) in [6.07, 6.45) is 0. The lowest BCUT2D eigenvalue weighted by molar-refractivity contribution is 0.626. The monoisotopic (exact) mass is 326 g/mol. The van der Waals surface area contributed by atoms with Gasteiger partial charge in [-0.2, -0.15) is 0 Å². The summed E-state index contributed by atoms with van der Waals surface area (Å²) in [5, 5.41) is 0.0514. The second-order valence-electron chi connectivity index (χ2n) is 4.63. The molecule has 2 aromatic carbocycles. The molecule has 3 rings (SSSR count). The minimum absolute atomic E-state index is 0.0514. The number of halogens is 4. The predicted octanol–water partition coefficient (Wildman–Crippen LogP) is 4.76. The van der Waals surface area contributed by atoms with E-state index in [4.69, 9.17) is 23.2 Å². The molecule has 0 aliphatic heterocycles. The maximum Gasteiger partial charge on any atom is 0.141 e. The lowest BCUT2D eigenvalue weighted by atomic mass is 10.2. The lowest BCUT2D eigenvalue weighted by Crippen LogP contribution is -2.04. The van der Waals surface area contributed by atoms with Crippen molar-refractivity contribution in [3.8, 4) is 0 Å². The maximum atomic E-state index is 13.4. The summed E-state index contributed by atoms with van der Waals surface area (Å²) in [5.41, 5.74) is 2.10. The normalized spacial score (nSPS) is 11.2. The molecule has 0 N–H and O–H groups in total. The molecule has 0 aliphatic rings. The minimum Gasteiger partial charge on any atom is -0.322 e. The van der Waals surface area contributed by atoms with Crippen molar-refractivity contribution in [1.29, 1.82) is 0 Å². The average Bonchev–Trinajstić information content (AvgIpc) is 2.80. The zero-order valence-corrected chi connectivity index (χ0v) is 12.3. The van der Waals surface area contributed by atoms with E-state index < -0.39 is 5.82 Å². The van der Waals surface area contributed by atoms with Gasteiger partial charge in [0.25, 0.3) is 0 Å². The number of aromatic nitrogens is 2.